The molecule has 7 heteroatoms. The molecule has 0 unspecified atom stereocenters. The molecule has 0 radical (unpaired) electrons. The van der Waals surface area contributed by atoms with Crippen LogP contribution < -0.4 is 0 Å². The molecule has 2 rings (SSSR count). The predicted octanol–water partition coefficient (Wildman–Crippen LogP) is 2.99. The van der Waals surface area contributed by atoms with Crippen molar-refractivity contribution >= 4 is 37.5 Å². The second-order valence-electron chi connectivity index (χ2n) is 4.48. The minimum atomic E-state index is -3.98. The Kier molecular flexibility index (Phi) is 4.43. The summed E-state index contributed by atoms with van der Waals surface area (Å²) < 4.78 is 29.4. The van der Waals surface area contributed by atoms with E-state index >= 15 is 0 Å². The van der Waals surface area contributed by atoms with E-state index in [1.807, 2.05) is 0 Å². The Morgan fingerprint density at radius 3 is 2.29 bits per heavy atom. The van der Waals surface area contributed by atoms with E-state index in [0.717, 1.165) is 4.47 Å². The van der Waals surface area contributed by atoms with E-state index in [1.54, 1.807) is 26.0 Å². The van der Waals surface area contributed by atoms with Crippen molar-refractivity contribution in [3.8, 4) is 0 Å². The molecule has 1 aromatic rings. The van der Waals surface area contributed by atoms with Crippen LogP contribution in [0, 0.1) is 0 Å². The van der Waals surface area contributed by atoms with Crippen molar-refractivity contribution in [3.05, 3.63) is 52.0 Å². The molecule has 0 aromatic heterocycles. The molecule has 1 aliphatic rings. The van der Waals surface area contributed by atoms with Crippen LogP contribution in [0.3, 0.4) is 0 Å². The Balaban J connectivity index is 2.26. The van der Waals surface area contributed by atoms with Crippen molar-refractivity contribution in [1.29, 1.82) is 0 Å². The fraction of sp³-hybridized carbons (Fsp3) is 0.143. The molecule has 0 heterocycles. The highest BCUT2D eigenvalue weighted by Gasteiger charge is 2.18. The van der Waals surface area contributed by atoms with Gasteiger partial charge in [-0.05, 0) is 61.4 Å². The Morgan fingerprint density at radius 2 is 1.67 bits per heavy atom. The molecule has 0 N–H and O–H groups in total. The average Bonchev–Trinajstić information content (AvgIpc) is 2.42. The van der Waals surface area contributed by atoms with Crippen molar-refractivity contribution in [2.75, 3.05) is 0 Å². The molecule has 0 bridgehead atoms. The number of nitrogens with zero attached hydrogens (tertiary/aromatic N) is 1. The lowest BCUT2D eigenvalue weighted by Gasteiger charge is -2.09. The monoisotopic (exact) mass is 369 g/mol. The summed E-state index contributed by atoms with van der Waals surface area (Å²) in [6.45, 7) is 3.29. The number of hydrogen-bond acceptors (Lipinski definition) is 5. The summed E-state index contributed by atoms with van der Waals surface area (Å²) in [5.74, 6) is -0.123. The molecule has 0 saturated carbocycles. The largest absolute Gasteiger partial charge is 0.358 e. The third-order valence-corrected chi connectivity index (χ3v) is 4.48. The van der Waals surface area contributed by atoms with E-state index in [2.05, 4.69) is 21.1 Å². The van der Waals surface area contributed by atoms with Crippen LogP contribution in [0.2, 0.25) is 0 Å². The molecule has 0 saturated heterocycles. The van der Waals surface area contributed by atoms with Gasteiger partial charge in [0, 0.05) is 4.47 Å². The van der Waals surface area contributed by atoms with Gasteiger partial charge in [-0.25, -0.2) is 0 Å². The first kappa shape index (κ1) is 15.7. The molecule has 1 aliphatic carbocycles. The number of carbonyl (C=O) groups excluding carboxylic acids is 1. The van der Waals surface area contributed by atoms with Crippen LogP contribution in [-0.2, 0) is 19.2 Å². The molecule has 110 valence electrons. The summed E-state index contributed by atoms with van der Waals surface area (Å²) in [7, 11) is -3.98. The van der Waals surface area contributed by atoms with Crippen molar-refractivity contribution in [3.63, 3.8) is 0 Å². The number of benzene rings is 1. The highest BCUT2D eigenvalue weighted by molar-refractivity contribution is 9.10. The fourth-order valence-electron chi connectivity index (χ4n) is 1.61. The number of rotatable bonds is 3. The van der Waals surface area contributed by atoms with E-state index in [1.165, 1.54) is 24.3 Å². The van der Waals surface area contributed by atoms with E-state index in [0.29, 0.717) is 16.9 Å². The molecule has 0 atom stereocenters. The van der Waals surface area contributed by atoms with Crippen LogP contribution >= 0.6 is 15.9 Å². The lowest BCUT2D eigenvalue weighted by atomic mass is 9.99. The first-order valence-electron chi connectivity index (χ1n) is 5.98. The molecular formula is C14H12BrNO4S. The highest BCUT2D eigenvalue weighted by Crippen LogP contribution is 2.18. The molecule has 5 nitrogen and oxygen atoms in total. The molecular weight excluding hydrogens is 358 g/mol. The number of allylic oxidation sites excluding steroid dienone is 4. The van der Waals surface area contributed by atoms with Crippen LogP contribution in [0.5, 0.6) is 0 Å². The standard InChI is InChI=1S/C14H12BrNO4S/c1-9-8-14(17)10(2)7-13(9)16-20-21(18,19)12-5-3-11(15)4-6-12/h3-8H,1-2H3/b16-13+. The number of hydrogen-bond donors (Lipinski definition) is 0. The zero-order valence-corrected chi connectivity index (χ0v) is 13.7. The Labute approximate surface area is 131 Å². The Bertz CT molecular complexity index is 774. The predicted molar refractivity (Wildman–Crippen MR) is 82.4 cm³/mol. The highest BCUT2D eigenvalue weighted by atomic mass is 79.9. The SMILES string of the molecule is CC1=C/C(=N\OS(=O)(=O)c2ccc(Br)cc2)C(C)=CC1=O. The topological polar surface area (TPSA) is 72.8 Å². The summed E-state index contributed by atoms with van der Waals surface area (Å²) >= 11 is 3.22. The quantitative estimate of drug-likeness (QED) is 0.606. The van der Waals surface area contributed by atoms with Gasteiger partial charge in [-0.3, -0.25) is 9.08 Å². The van der Waals surface area contributed by atoms with Gasteiger partial charge in [0.1, 0.15) is 10.6 Å². The molecule has 1 aromatic carbocycles. The average molecular weight is 370 g/mol. The first-order valence-corrected chi connectivity index (χ1v) is 8.18. The van der Waals surface area contributed by atoms with Crippen LogP contribution in [0.15, 0.2) is 62.1 Å². The van der Waals surface area contributed by atoms with E-state index < -0.39 is 10.1 Å². The number of ketones is 1. The normalized spacial score (nSPS) is 17.5. The van der Waals surface area contributed by atoms with Gasteiger partial charge >= 0.3 is 10.1 Å². The van der Waals surface area contributed by atoms with Crippen molar-refractivity contribution in [1.82, 2.24) is 0 Å². The summed E-state index contributed by atoms with van der Waals surface area (Å²) in [5.41, 5.74) is 1.34. The molecule has 0 amide bonds. The van der Waals surface area contributed by atoms with Gasteiger partial charge in [0.15, 0.2) is 5.78 Å². The van der Waals surface area contributed by atoms with Crippen LogP contribution in [0.1, 0.15) is 13.8 Å². The Hall–Kier alpha value is -1.73. The molecule has 0 fully saturated rings. The van der Waals surface area contributed by atoms with E-state index in [-0.39, 0.29) is 10.7 Å². The molecule has 0 spiro atoms. The van der Waals surface area contributed by atoms with Gasteiger partial charge < -0.3 is 0 Å². The third-order valence-electron chi connectivity index (χ3n) is 2.83. The molecule has 0 aliphatic heterocycles. The maximum atomic E-state index is 12.0. The zero-order chi connectivity index (χ0) is 15.6. The fourth-order valence-corrected chi connectivity index (χ4v) is 2.60. The van der Waals surface area contributed by atoms with Crippen molar-refractivity contribution in [2.45, 2.75) is 18.7 Å². The summed E-state index contributed by atoms with van der Waals surface area (Å²) in [5, 5.41) is 3.64. The van der Waals surface area contributed by atoms with Crippen LogP contribution in [0.25, 0.3) is 0 Å². The van der Waals surface area contributed by atoms with Gasteiger partial charge in [-0.15, -0.1) is 0 Å². The van der Waals surface area contributed by atoms with Gasteiger partial charge in [0.2, 0.25) is 0 Å². The summed E-state index contributed by atoms with van der Waals surface area (Å²) in [6, 6.07) is 6.01. The Morgan fingerprint density at radius 1 is 1.05 bits per heavy atom. The number of oxime groups is 1. The summed E-state index contributed by atoms with van der Waals surface area (Å²) in [6.07, 6.45) is 2.89. The zero-order valence-electron chi connectivity index (χ0n) is 11.3. The summed E-state index contributed by atoms with van der Waals surface area (Å²) in [4.78, 5) is 11.4. The second-order valence-corrected chi connectivity index (χ2v) is 6.92. The smallest absolute Gasteiger partial charge is 0.290 e. The van der Waals surface area contributed by atoms with Gasteiger partial charge in [-0.1, -0.05) is 21.1 Å². The number of carbonyl (C=O) groups is 1. The van der Waals surface area contributed by atoms with Gasteiger partial charge in [0.05, 0.1) is 0 Å². The van der Waals surface area contributed by atoms with Gasteiger partial charge in [0.25, 0.3) is 0 Å². The maximum absolute atomic E-state index is 12.0. The minimum Gasteiger partial charge on any atom is -0.290 e. The lowest BCUT2D eigenvalue weighted by molar-refractivity contribution is -0.111. The van der Waals surface area contributed by atoms with E-state index in [4.69, 9.17) is 4.28 Å². The third kappa shape index (κ3) is 3.68. The second kappa shape index (κ2) is 5.95. The van der Waals surface area contributed by atoms with Crippen LogP contribution in [0.4, 0.5) is 0 Å². The lowest BCUT2D eigenvalue weighted by Crippen LogP contribution is -2.12. The van der Waals surface area contributed by atoms with Crippen molar-refractivity contribution < 1.29 is 17.5 Å². The van der Waals surface area contributed by atoms with E-state index in [9.17, 15) is 13.2 Å². The van der Waals surface area contributed by atoms with Crippen molar-refractivity contribution in [2.24, 2.45) is 5.16 Å². The molecule has 21 heavy (non-hydrogen) atoms. The first-order chi connectivity index (χ1) is 9.79. The number of halogens is 1. The van der Waals surface area contributed by atoms with Crippen LogP contribution in [-0.4, -0.2) is 19.9 Å². The van der Waals surface area contributed by atoms with Gasteiger partial charge in [-0.2, -0.15) is 8.42 Å². The minimum absolute atomic E-state index is 0.00395. The maximum Gasteiger partial charge on any atom is 0.358 e.